The Morgan fingerprint density at radius 1 is 0.947 bits per heavy atom. The molecule has 2 N–H and O–H groups in total. The lowest BCUT2D eigenvalue weighted by atomic mass is 10.1. The molecular formula is C16H21N3. The second kappa shape index (κ2) is 7.67. The predicted octanol–water partition coefficient (Wildman–Crippen LogP) is 2.08. The third kappa shape index (κ3) is 4.81. The van der Waals surface area contributed by atoms with Crippen LogP contribution in [0.4, 0.5) is 0 Å². The Kier molecular flexibility index (Phi) is 5.53. The molecule has 0 unspecified atom stereocenters. The Labute approximate surface area is 115 Å². The lowest BCUT2D eigenvalue weighted by molar-refractivity contribution is 0.276. The first-order valence-corrected chi connectivity index (χ1v) is 6.74. The lowest BCUT2D eigenvalue weighted by Gasteiger charge is -2.21. The van der Waals surface area contributed by atoms with Crippen molar-refractivity contribution in [2.24, 2.45) is 5.73 Å². The largest absolute Gasteiger partial charge is 0.329 e. The first kappa shape index (κ1) is 13.7. The van der Waals surface area contributed by atoms with Gasteiger partial charge in [-0.15, -0.1) is 0 Å². The van der Waals surface area contributed by atoms with Gasteiger partial charge in [0.15, 0.2) is 0 Å². The lowest BCUT2D eigenvalue weighted by Crippen LogP contribution is -2.31. The van der Waals surface area contributed by atoms with E-state index in [4.69, 9.17) is 5.73 Å². The fourth-order valence-corrected chi connectivity index (χ4v) is 2.13. The highest BCUT2D eigenvalue weighted by atomic mass is 15.1. The third-order valence-corrected chi connectivity index (χ3v) is 3.13. The summed E-state index contributed by atoms with van der Waals surface area (Å²) >= 11 is 0. The van der Waals surface area contributed by atoms with Crippen molar-refractivity contribution in [2.75, 3.05) is 19.6 Å². The minimum atomic E-state index is 0.690. The van der Waals surface area contributed by atoms with E-state index in [-0.39, 0.29) is 0 Å². The topological polar surface area (TPSA) is 42.1 Å². The summed E-state index contributed by atoms with van der Waals surface area (Å²) in [6.45, 7) is 3.55. The highest BCUT2D eigenvalue weighted by Crippen LogP contribution is 2.05. The summed E-state index contributed by atoms with van der Waals surface area (Å²) in [6, 6.07) is 14.7. The zero-order valence-corrected chi connectivity index (χ0v) is 11.2. The molecule has 2 aromatic rings. The molecular weight excluding hydrogens is 234 g/mol. The molecule has 0 amide bonds. The number of hydrogen-bond donors (Lipinski definition) is 1. The molecule has 0 bridgehead atoms. The van der Waals surface area contributed by atoms with E-state index in [9.17, 15) is 0 Å². The van der Waals surface area contributed by atoms with Crippen molar-refractivity contribution in [1.29, 1.82) is 0 Å². The van der Waals surface area contributed by atoms with Crippen LogP contribution in [-0.2, 0) is 13.0 Å². The Balaban J connectivity index is 1.89. The van der Waals surface area contributed by atoms with Crippen LogP contribution in [0, 0.1) is 0 Å². The number of benzene rings is 1. The summed E-state index contributed by atoms with van der Waals surface area (Å²) < 4.78 is 0. The first-order valence-electron chi connectivity index (χ1n) is 6.74. The minimum absolute atomic E-state index is 0.690. The molecule has 1 aromatic carbocycles. The van der Waals surface area contributed by atoms with Crippen LogP contribution < -0.4 is 5.73 Å². The molecule has 0 saturated heterocycles. The van der Waals surface area contributed by atoms with Crippen LogP contribution in [-0.4, -0.2) is 29.5 Å². The van der Waals surface area contributed by atoms with Crippen LogP contribution in [0.3, 0.4) is 0 Å². The number of aromatic nitrogens is 1. The standard InChI is InChI=1S/C16H21N3/c17-9-12-19(14-16-7-4-10-18-13-16)11-8-15-5-2-1-3-6-15/h1-7,10,13H,8-9,11-12,14,17H2. The second-order valence-electron chi connectivity index (χ2n) is 4.66. The van der Waals surface area contributed by atoms with Gasteiger partial charge >= 0.3 is 0 Å². The van der Waals surface area contributed by atoms with E-state index in [0.717, 1.165) is 26.1 Å². The Bertz CT molecular complexity index is 456. The van der Waals surface area contributed by atoms with Crippen LogP contribution in [0.5, 0.6) is 0 Å². The number of nitrogens with two attached hydrogens (primary N) is 1. The van der Waals surface area contributed by atoms with Crippen molar-refractivity contribution < 1.29 is 0 Å². The van der Waals surface area contributed by atoms with Crippen LogP contribution in [0.2, 0.25) is 0 Å². The number of hydrogen-bond acceptors (Lipinski definition) is 3. The fraction of sp³-hybridized carbons (Fsp3) is 0.312. The van der Waals surface area contributed by atoms with Gasteiger partial charge in [-0.05, 0) is 23.6 Å². The minimum Gasteiger partial charge on any atom is -0.329 e. The summed E-state index contributed by atoms with van der Waals surface area (Å²) in [5.74, 6) is 0. The van der Waals surface area contributed by atoms with Gasteiger partial charge in [0.25, 0.3) is 0 Å². The summed E-state index contributed by atoms with van der Waals surface area (Å²) in [7, 11) is 0. The molecule has 3 nitrogen and oxygen atoms in total. The van der Waals surface area contributed by atoms with Gasteiger partial charge in [0, 0.05) is 38.6 Å². The molecule has 0 radical (unpaired) electrons. The third-order valence-electron chi connectivity index (χ3n) is 3.13. The van der Waals surface area contributed by atoms with Gasteiger partial charge in [-0.3, -0.25) is 9.88 Å². The maximum absolute atomic E-state index is 5.69. The molecule has 0 aliphatic rings. The Morgan fingerprint density at radius 3 is 2.42 bits per heavy atom. The van der Waals surface area contributed by atoms with Gasteiger partial charge in [0.05, 0.1) is 0 Å². The van der Waals surface area contributed by atoms with Crippen LogP contribution in [0.15, 0.2) is 54.9 Å². The SMILES string of the molecule is NCCN(CCc1ccccc1)Cc1cccnc1. The molecule has 0 spiro atoms. The zero-order valence-electron chi connectivity index (χ0n) is 11.2. The van der Waals surface area contributed by atoms with Crippen molar-refractivity contribution in [3.8, 4) is 0 Å². The van der Waals surface area contributed by atoms with E-state index in [1.54, 1.807) is 6.20 Å². The van der Waals surface area contributed by atoms with Gasteiger partial charge < -0.3 is 5.73 Å². The summed E-state index contributed by atoms with van der Waals surface area (Å²) in [4.78, 5) is 6.54. The average Bonchev–Trinajstić information content (AvgIpc) is 2.47. The van der Waals surface area contributed by atoms with Crippen molar-refractivity contribution in [3.63, 3.8) is 0 Å². The zero-order chi connectivity index (χ0) is 13.3. The molecule has 1 heterocycles. The van der Waals surface area contributed by atoms with E-state index >= 15 is 0 Å². The van der Waals surface area contributed by atoms with E-state index in [1.165, 1.54) is 11.1 Å². The second-order valence-corrected chi connectivity index (χ2v) is 4.66. The van der Waals surface area contributed by atoms with E-state index in [2.05, 4.69) is 46.3 Å². The van der Waals surface area contributed by atoms with E-state index < -0.39 is 0 Å². The smallest absolute Gasteiger partial charge is 0.0312 e. The molecule has 0 atom stereocenters. The molecule has 100 valence electrons. The summed E-state index contributed by atoms with van der Waals surface area (Å²) in [5.41, 5.74) is 8.31. The van der Waals surface area contributed by atoms with E-state index in [0.29, 0.717) is 6.54 Å². The van der Waals surface area contributed by atoms with Crippen molar-refractivity contribution in [1.82, 2.24) is 9.88 Å². The fourth-order valence-electron chi connectivity index (χ4n) is 2.13. The molecule has 0 saturated carbocycles. The van der Waals surface area contributed by atoms with Crippen LogP contribution in [0.25, 0.3) is 0 Å². The molecule has 2 rings (SSSR count). The van der Waals surface area contributed by atoms with Gasteiger partial charge in [0.2, 0.25) is 0 Å². The average molecular weight is 255 g/mol. The Hall–Kier alpha value is -1.71. The molecule has 0 aliphatic carbocycles. The Morgan fingerprint density at radius 2 is 1.74 bits per heavy atom. The van der Waals surface area contributed by atoms with Crippen LogP contribution >= 0.6 is 0 Å². The van der Waals surface area contributed by atoms with Crippen molar-refractivity contribution in [3.05, 3.63) is 66.0 Å². The molecule has 0 fully saturated rings. The number of pyridine rings is 1. The highest BCUT2D eigenvalue weighted by molar-refractivity contribution is 5.15. The quantitative estimate of drug-likeness (QED) is 0.823. The number of rotatable bonds is 7. The van der Waals surface area contributed by atoms with E-state index in [1.807, 2.05) is 12.3 Å². The van der Waals surface area contributed by atoms with Gasteiger partial charge in [-0.25, -0.2) is 0 Å². The van der Waals surface area contributed by atoms with Gasteiger partial charge in [-0.1, -0.05) is 36.4 Å². The monoisotopic (exact) mass is 255 g/mol. The molecule has 3 heteroatoms. The van der Waals surface area contributed by atoms with Crippen molar-refractivity contribution in [2.45, 2.75) is 13.0 Å². The first-order chi connectivity index (χ1) is 9.38. The summed E-state index contributed by atoms with van der Waals surface area (Å²) in [5, 5.41) is 0. The maximum Gasteiger partial charge on any atom is 0.0312 e. The molecule has 19 heavy (non-hydrogen) atoms. The molecule has 1 aromatic heterocycles. The van der Waals surface area contributed by atoms with Crippen molar-refractivity contribution >= 4 is 0 Å². The van der Waals surface area contributed by atoms with Gasteiger partial charge in [-0.2, -0.15) is 0 Å². The maximum atomic E-state index is 5.69. The normalized spacial score (nSPS) is 10.8. The highest BCUT2D eigenvalue weighted by Gasteiger charge is 2.05. The van der Waals surface area contributed by atoms with Crippen LogP contribution in [0.1, 0.15) is 11.1 Å². The summed E-state index contributed by atoms with van der Waals surface area (Å²) in [6.07, 6.45) is 4.79. The number of nitrogens with zero attached hydrogens (tertiary/aromatic N) is 2. The molecule has 0 aliphatic heterocycles. The van der Waals surface area contributed by atoms with Gasteiger partial charge in [0.1, 0.15) is 0 Å². The predicted molar refractivity (Wildman–Crippen MR) is 78.7 cm³/mol.